The number of anilines is 1. The van der Waals surface area contributed by atoms with E-state index >= 15 is 0 Å². The van der Waals surface area contributed by atoms with E-state index < -0.39 is 37.8 Å². The number of ether oxygens (including phenoxy) is 2. The number of carbonyl (C=O) groups is 1. The summed E-state index contributed by atoms with van der Waals surface area (Å²) in [7, 11) is -2.87. The lowest BCUT2D eigenvalue weighted by Gasteiger charge is -2.24. The summed E-state index contributed by atoms with van der Waals surface area (Å²) in [5.41, 5.74) is 5.02. The maximum atomic E-state index is 13.5. The summed E-state index contributed by atoms with van der Waals surface area (Å²) >= 11 is 6.12. The molecule has 1 aromatic carbocycles. The minimum Gasteiger partial charge on any atom is -0.468 e. The van der Waals surface area contributed by atoms with E-state index in [9.17, 15) is 14.2 Å². The van der Waals surface area contributed by atoms with Crippen LogP contribution in [0.2, 0.25) is 5.02 Å². The van der Waals surface area contributed by atoms with E-state index in [2.05, 4.69) is 14.8 Å². The number of hydrogen-bond donors (Lipinski definition) is 2. The first-order chi connectivity index (χ1) is 15.6. The molecule has 1 unspecified atom stereocenters. The quantitative estimate of drug-likeness (QED) is 0.389. The smallest absolute Gasteiger partial charge is 0.459 e. The van der Waals surface area contributed by atoms with Gasteiger partial charge >= 0.3 is 19.4 Å². The first-order valence-corrected chi connectivity index (χ1v) is 12.1. The molecule has 1 fully saturated rings. The highest BCUT2D eigenvalue weighted by Crippen LogP contribution is 2.47. The number of para-hydroxylation sites is 1. The van der Waals surface area contributed by atoms with E-state index in [1.165, 1.54) is 36.9 Å². The van der Waals surface area contributed by atoms with Crippen molar-refractivity contribution in [2.75, 3.05) is 19.5 Å². The summed E-state index contributed by atoms with van der Waals surface area (Å²) in [5, 5.41) is 2.77. The van der Waals surface area contributed by atoms with Crippen LogP contribution in [0, 0.1) is 5.92 Å². The van der Waals surface area contributed by atoms with Crippen molar-refractivity contribution in [3.63, 3.8) is 0 Å². The number of halogens is 1. The van der Waals surface area contributed by atoms with Crippen molar-refractivity contribution in [3.8, 4) is 5.75 Å². The lowest BCUT2D eigenvalue weighted by molar-refractivity contribution is -0.142. The Kier molecular flexibility index (Phi) is 8.14. The summed E-state index contributed by atoms with van der Waals surface area (Å²) in [4.78, 5) is 27.7. The van der Waals surface area contributed by atoms with Gasteiger partial charge in [-0.1, -0.05) is 30.7 Å². The number of nitrogens with two attached hydrogens (primary N) is 1. The molecule has 0 spiro atoms. The zero-order valence-corrected chi connectivity index (χ0v) is 20.0. The molecule has 33 heavy (non-hydrogen) atoms. The van der Waals surface area contributed by atoms with Crippen molar-refractivity contribution >= 4 is 31.1 Å². The van der Waals surface area contributed by atoms with Crippen LogP contribution in [-0.4, -0.2) is 41.4 Å². The molecule has 2 aromatic rings. The maximum absolute atomic E-state index is 13.5. The minimum atomic E-state index is -4.08. The second-order valence-electron chi connectivity index (χ2n) is 7.59. The molecule has 0 bridgehead atoms. The van der Waals surface area contributed by atoms with Gasteiger partial charge < -0.3 is 19.7 Å². The van der Waals surface area contributed by atoms with Gasteiger partial charge in [0.1, 0.15) is 23.8 Å². The molecule has 1 aromatic heterocycles. The Morgan fingerprint density at radius 3 is 2.82 bits per heavy atom. The fourth-order valence-corrected chi connectivity index (χ4v) is 5.14. The van der Waals surface area contributed by atoms with E-state index in [0.717, 1.165) is 0 Å². The summed E-state index contributed by atoms with van der Waals surface area (Å²) in [6.07, 6.45) is 0.929. The Morgan fingerprint density at radius 1 is 1.42 bits per heavy atom. The highest BCUT2D eigenvalue weighted by molar-refractivity contribution is 7.52. The molecule has 1 saturated heterocycles. The largest absolute Gasteiger partial charge is 0.468 e. The summed E-state index contributed by atoms with van der Waals surface area (Å²) in [6.45, 7) is 3.23. The molecule has 11 nitrogen and oxygen atoms in total. The third-order valence-corrected chi connectivity index (χ3v) is 6.91. The molecule has 0 aliphatic carbocycles. The molecular weight excluding hydrogens is 475 g/mol. The molecular formula is C20H26ClN4O7P. The second-order valence-corrected chi connectivity index (χ2v) is 9.69. The van der Waals surface area contributed by atoms with Gasteiger partial charge in [-0.2, -0.15) is 10.1 Å². The van der Waals surface area contributed by atoms with E-state index in [4.69, 9.17) is 31.1 Å². The lowest BCUT2D eigenvalue weighted by Crippen LogP contribution is -2.35. The summed E-state index contributed by atoms with van der Waals surface area (Å²) < 4.78 is 36.7. The monoisotopic (exact) mass is 500 g/mol. The average Bonchev–Trinajstić information content (AvgIpc) is 3.13. The number of benzene rings is 1. The van der Waals surface area contributed by atoms with Crippen LogP contribution in [0.1, 0.15) is 26.5 Å². The number of rotatable bonds is 9. The first kappa shape index (κ1) is 25.2. The Morgan fingerprint density at radius 2 is 2.15 bits per heavy atom. The molecule has 1 aliphatic rings. The first-order valence-electron chi connectivity index (χ1n) is 10.2. The van der Waals surface area contributed by atoms with Crippen LogP contribution in [0.15, 0.2) is 41.3 Å². The van der Waals surface area contributed by atoms with Crippen LogP contribution in [0.5, 0.6) is 5.75 Å². The van der Waals surface area contributed by atoms with Crippen molar-refractivity contribution in [2.45, 2.75) is 38.6 Å². The zero-order chi connectivity index (χ0) is 24.2. The van der Waals surface area contributed by atoms with E-state index in [1.54, 1.807) is 18.2 Å². The molecule has 13 heteroatoms. The van der Waals surface area contributed by atoms with Crippen LogP contribution >= 0.6 is 19.3 Å². The van der Waals surface area contributed by atoms with Crippen molar-refractivity contribution in [1.82, 2.24) is 14.6 Å². The van der Waals surface area contributed by atoms with Crippen LogP contribution in [0.25, 0.3) is 0 Å². The number of hydrogen-bond acceptors (Lipinski definition) is 9. The topological polar surface area (TPSA) is 144 Å². The molecule has 0 radical (unpaired) electrons. The van der Waals surface area contributed by atoms with E-state index in [-0.39, 0.29) is 29.1 Å². The van der Waals surface area contributed by atoms with Gasteiger partial charge in [0.15, 0.2) is 0 Å². The number of nitrogens with one attached hydrogen (secondary N) is 1. The van der Waals surface area contributed by atoms with Gasteiger partial charge in [-0.25, -0.2) is 9.36 Å². The number of esters is 1. The van der Waals surface area contributed by atoms with Gasteiger partial charge in [-0.15, -0.1) is 0 Å². The van der Waals surface area contributed by atoms with Gasteiger partial charge in [0.05, 0.1) is 24.8 Å². The van der Waals surface area contributed by atoms with Gasteiger partial charge in [0.2, 0.25) is 0 Å². The number of aromatic nitrogens is 2. The molecule has 5 atom stereocenters. The Bertz CT molecular complexity index is 1100. The second kappa shape index (κ2) is 10.7. The van der Waals surface area contributed by atoms with Gasteiger partial charge in [-0.05, 0) is 31.5 Å². The predicted octanol–water partition coefficient (Wildman–Crippen LogP) is 2.76. The fourth-order valence-electron chi connectivity index (χ4n) is 3.37. The van der Waals surface area contributed by atoms with Crippen molar-refractivity contribution in [1.29, 1.82) is 0 Å². The molecule has 0 saturated carbocycles. The van der Waals surface area contributed by atoms with Gasteiger partial charge in [0.25, 0.3) is 0 Å². The molecule has 1 aliphatic heterocycles. The van der Waals surface area contributed by atoms with Gasteiger partial charge in [0, 0.05) is 12.1 Å². The Hall–Kier alpha value is -2.43. The highest BCUT2D eigenvalue weighted by Gasteiger charge is 2.38. The molecule has 2 heterocycles. The van der Waals surface area contributed by atoms with Gasteiger partial charge in [-0.3, -0.25) is 13.9 Å². The van der Waals surface area contributed by atoms with Crippen LogP contribution in [0.4, 0.5) is 5.82 Å². The number of carbonyl (C=O) groups excluding carboxylic acids is 1. The molecule has 0 amide bonds. The maximum Gasteiger partial charge on any atom is 0.459 e. The Labute approximate surface area is 195 Å². The minimum absolute atomic E-state index is 0.0625. The third-order valence-electron chi connectivity index (χ3n) is 4.97. The SMILES string of the molecule is COC(=O)[C@H](C)NP(=O)(OC[C@@H]1C[C@H](C)[C@H](n2ccc(N)nc2=O)O1)Oc1ccccc1Cl. The standard InChI is InChI=1S/C20H26ClN4O7P/c1-12-10-14(31-18(12)25-9-8-17(22)23-20(25)27)11-30-33(28,24-13(2)19(26)29-3)32-16-7-5-4-6-15(16)21/h4-9,12-14,18H,10-11H2,1-3H3,(H,24,28)(H2,22,23,27)/t12-,13-,14-,18+,33?/m0/s1. The highest BCUT2D eigenvalue weighted by atomic mass is 35.5. The molecule has 3 rings (SSSR count). The van der Waals surface area contributed by atoms with Crippen LogP contribution in [-0.2, 0) is 23.4 Å². The molecule has 3 N–H and O–H groups in total. The summed E-state index contributed by atoms with van der Waals surface area (Å²) in [5.74, 6) is -0.481. The van der Waals surface area contributed by atoms with Crippen molar-refractivity contribution in [3.05, 3.63) is 52.0 Å². The van der Waals surface area contributed by atoms with E-state index in [0.29, 0.717) is 6.42 Å². The predicted molar refractivity (Wildman–Crippen MR) is 121 cm³/mol. The van der Waals surface area contributed by atoms with Crippen LogP contribution in [0.3, 0.4) is 0 Å². The summed E-state index contributed by atoms with van der Waals surface area (Å²) in [6, 6.07) is 6.95. The third kappa shape index (κ3) is 6.33. The Balaban J connectivity index is 1.73. The number of nitrogens with zero attached hydrogens (tertiary/aromatic N) is 2. The molecule has 180 valence electrons. The number of nitrogen functional groups attached to an aromatic ring is 1. The lowest BCUT2D eigenvalue weighted by atomic mass is 10.1. The van der Waals surface area contributed by atoms with E-state index in [1.807, 2.05) is 6.92 Å². The zero-order valence-electron chi connectivity index (χ0n) is 18.3. The van der Waals surface area contributed by atoms with Crippen molar-refractivity contribution < 1.29 is 27.9 Å². The fraction of sp³-hybridized carbons (Fsp3) is 0.450. The number of methoxy groups -OCH3 is 1. The van der Waals surface area contributed by atoms with Crippen LogP contribution < -0.4 is 21.0 Å². The normalized spacial score (nSPS) is 23.0. The average molecular weight is 501 g/mol. The van der Waals surface area contributed by atoms with Crippen molar-refractivity contribution in [2.24, 2.45) is 5.92 Å².